The molecule has 55 heavy (non-hydrogen) atoms. The van der Waals surface area contributed by atoms with E-state index in [1.807, 2.05) is 82.6 Å². The highest BCUT2D eigenvalue weighted by atomic mass is 16.5. The topological polar surface area (TPSA) is 93.3 Å². The van der Waals surface area contributed by atoms with Gasteiger partial charge in [-0.1, -0.05) is 60.7 Å². The molecule has 0 N–H and O–H groups in total. The molecule has 2 unspecified atom stereocenters. The third-order valence-corrected chi connectivity index (χ3v) is 10.6. The fourth-order valence-corrected chi connectivity index (χ4v) is 7.46. The number of methoxy groups -OCH3 is 4. The van der Waals surface area contributed by atoms with Gasteiger partial charge in [-0.25, -0.2) is 0 Å². The number of hydrogen-bond acceptors (Lipinski definition) is 9. The Kier molecular flexibility index (Phi) is 13.7. The predicted molar refractivity (Wildman–Crippen MR) is 215 cm³/mol. The number of carbonyl (C=O) groups is 2. The van der Waals surface area contributed by atoms with Gasteiger partial charge in [0.2, 0.25) is 11.8 Å². The van der Waals surface area contributed by atoms with E-state index in [-0.39, 0.29) is 24.0 Å². The van der Waals surface area contributed by atoms with Crippen LogP contribution in [0.5, 0.6) is 23.0 Å². The third kappa shape index (κ3) is 10.0. The summed E-state index contributed by atoms with van der Waals surface area (Å²) in [5.41, 5.74) is 4.13. The van der Waals surface area contributed by atoms with Crippen LogP contribution in [0.2, 0.25) is 0 Å². The molecule has 4 aromatic rings. The van der Waals surface area contributed by atoms with E-state index in [9.17, 15) is 9.59 Å². The van der Waals surface area contributed by atoms with Crippen molar-refractivity contribution in [1.82, 2.24) is 9.80 Å². The van der Waals surface area contributed by atoms with Crippen molar-refractivity contribution in [3.05, 3.63) is 108 Å². The van der Waals surface area contributed by atoms with Gasteiger partial charge in [0.1, 0.15) is 0 Å². The molecular formula is C44H54N4O7. The van der Waals surface area contributed by atoms with Crippen molar-refractivity contribution in [2.75, 3.05) is 90.6 Å². The SMILES string of the molecule is COc1ccc(N2CCN(C(=O)CCC(OC(CCC(=O)N3CCN(c4ccc(OC)c(OC)c4)CC3)c3ccccc3)c3ccccc3)CC2)cc1OC. The highest BCUT2D eigenvalue weighted by Gasteiger charge is 2.27. The maximum Gasteiger partial charge on any atom is 0.222 e. The Labute approximate surface area is 325 Å². The standard InChI is InChI=1S/C44H54N4O7/c1-51-39-17-15-35(31-41(39)53-3)45-23-27-47(28-24-45)43(49)21-19-37(33-11-7-5-8-12-33)55-38(34-13-9-6-10-14-34)20-22-44(50)48-29-25-46(26-30-48)36-16-18-40(52-2)42(32-36)54-4/h5-18,31-32,37-38H,19-30H2,1-4H3. The zero-order valence-electron chi connectivity index (χ0n) is 32.5. The molecule has 2 fully saturated rings. The van der Waals surface area contributed by atoms with E-state index >= 15 is 0 Å². The molecule has 0 saturated carbocycles. The number of rotatable bonds is 16. The minimum absolute atomic E-state index is 0.121. The second-order valence-corrected chi connectivity index (χ2v) is 13.8. The van der Waals surface area contributed by atoms with Crippen LogP contribution in [0.4, 0.5) is 11.4 Å². The van der Waals surface area contributed by atoms with Gasteiger partial charge in [-0.3, -0.25) is 9.59 Å². The van der Waals surface area contributed by atoms with Crippen molar-refractivity contribution in [2.24, 2.45) is 0 Å². The van der Waals surface area contributed by atoms with Gasteiger partial charge in [0, 0.05) is 88.7 Å². The summed E-state index contributed by atoms with van der Waals surface area (Å²) in [5, 5.41) is 0. The summed E-state index contributed by atoms with van der Waals surface area (Å²) in [6.45, 7) is 5.49. The van der Waals surface area contributed by atoms with E-state index in [1.165, 1.54) is 0 Å². The zero-order valence-corrected chi connectivity index (χ0v) is 32.5. The molecule has 0 bridgehead atoms. The van der Waals surface area contributed by atoms with Gasteiger partial charge >= 0.3 is 0 Å². The van der Waals surface area contributed by atoms with Gasteiger partial charge in [-0.2, -0.15) is 0 Å². The van der Waals surface area contributed by atoms with Crippen LogP contribution in [0.1, 0.15) is 49.0 Å². The van der Waals surface area contributed by atoms with Crippen molar-refractivity contribution in [1.29, 1.82) is 0 Å². The number of piperazine rings is 2. The van der Waals surface area contributed by atoms with Crippen molar-refractivity contribution in [3.8, 4) is 23.0 Å². The van der Waals surface area contributed by atoms with Crippen molar-refractivity contribution in [3.63, 3.8) is 0 Å². The lowest BCUT2D eigenvalue weighted by atomic mass is 10.0. The summed E-state index contributed by atoms with van der Waals surface area (Å²) in [6.07, 6.45) is 1.16. The molecule has 2 aliphatic rings. The lowest BCUT2D eigenvalue weighted by molar-refractivity contribution is -0.133. The van der Waals surface area contributed by atoms with Gasteiger partial charge in [0.25, 0.3) is 0 Å². The van der Waals surface area contributed by atoms with Crippen LogP contribution in [0.15, 0.2) is 97.1 Å². The normalized spacial score (nSPS) is 15.6. The van der Waals surface area contributed by atoms with Crippen molar-refractivity contribution >= 4 is 23.2 Å². The summed E-state index contributed by atoms with van der Waals surface area (Å²) in [4.78, 5) is 35.7. The summed E-state index contributed by atoms with van der Waals surface area (Å²) < 4.78 is 28.7. The van der Waals surface area contributed by atoms with Crippen LogP contribution in [0.25, 0.3) is 0 Å². The summed E-state index contributed by atoms with van der Waals surface area (Å²) >= 11 is 0. The number of anilines is 2. The van der Waals surface area contributed by atoms with Gasteiger partial charge in [-0.05, 0) is 48.2 Å². The highest BCUT2D eigenvalue weighted by Crippen LogP contribution is 2.35. The largest absolute Gasteiger partial charge is 0.493 e. The first-order valence-corrected chi connectivity index (χ1v) is 19.2. The molecule has 292 valence electrons. The molecule has 11 nitrogen and oxygen atoms in total. The molecule has 2 atom stereocenters. The molecule has 4 aromatic carbocycles. The van der Waals surface area contributed by atoms with Crippen LogP contribution in [0.3, 0.4) is 0 Å². The molecule has 0 radical (unpaired) electrons. The number of nitrogens with zero attached hydrogens (tertiary/aromatic N) is 4. The Bertz CT molecular complexity index is 1690. The Morgan fingerprint density at radius 1 is 0.491 bits per heavy atom. The van der Waals surface area contributed by atoms with Gasteiger partial charge in [0.15, 0.2) is 23.0 Å². The average molecular weight is 751 g/mol. The molecule has 6 rings (SSSR count). The molecular weight excluding hydrogens is 697 g/mol. The fraction of sp³-hybridized carbons (Fsp3) is 0.409. The first kappa shape index (κ1) is 39.3. The number of benzene rings is 4. The summed E-state index contributed by atoms with van der Waals surface area (Å²) in [6, 6.07) is 32.1. The van der Waals surface area contributed by atoms with Crippen molar-refractivity contribution < 1.29 is 33.3 Å². The van der Waals surface area contributed by atoms with Gasteiger partial charge in [0.05, 0.1) is 40.6 Å². The lowest BCUT2D eigenvalue weighted by Gasteiger charge is -2.37. The van der Waals surface area contributed by atoms with E-state index in [1.54, 1.807) is 28.4 Å². The van der Waals surface area contributed by atoms with E-state index in [2.05, 4.69) is 34.1 Å². The second-order valence-electron chi connectivity index (χ2n) is 13.8. The first-order chi connectivity index (χ1) is 26.9. The predicted octanol–water partition coefficient (Wildman–Crippen LogP) is 6.78. The van der Waals surface area contributed by atoms with Crippen LogP contribution in [-0.2, 0) is 14.3 Å². The Morgan fingerprint density at radius 2 is 0.855 bits per heavy atom. The second kappa shape index (κ2) is 19.3. The Morgan fingerprint density at radius 3 is 1.20 bits per heavy atom. The fourth-order valence-electron chi connectivity index (χ4n) is 7.46. The maximum absolute atomic E-state index is 13.6. The molecule has 11 heteroatoms. The average Bonchev–Trinajstić information content (AvgIpc) is 3.26. The van der Waals surface area contributed by atoms with Crippen LogP contribution in [-0.4, -0.2) is 102 Å². The monoisotopic (exact) mass is 750 g/mol. The van der Waals surface area contributed by atoms with Crippen LogP contribution in [0, 0.1) is 0 Å². The Balaban J connectivity index is 1.05. The minimum Gasteiger partial charge on any atom is -0.493 e. The minimum atomic E-state index is -0.316. The van der Waals surface area contributed by atoms with E-state index in [4.69, 9.17) is 23.7 Å². The quantitative estimate of drug-likeness (QED) is 0.123. The Hall–Kier alpha value is -5.42. The number of carbonyl (C=O) groups excluding carboxylic acids is 2. The van der Waals surface area contributed by atoms with Crippen LogP contribution < -0.4 is 28.7 Å². The molecule has 0 spiro atoms. The van der Waals surface area contributed by atoms with Crippen molar-refractivity contribution in [2.45, 2.75) is 37.9 Å². The lowest BCUT2D eigenvalue weighted by Crippen LogP contribution is -2.48. The molecule has 2 amide bonds. The molecule has 2 heterocycles. The number of hydrogen-bond donors (Lipinski definition) is 0. The highest BCUT2D eigenvalue weighted by molar-refractivity contribution is 5.77. The molecule has 2 aliphatic heterocycles. The van der Waals surface area contributed by atoms with E-state index < -0.39 is 0 Å². The summed E-state index contributed by atoms with van der Waals surface area (Å²) in [5.74, 6) is 3.00. The third-order valence-electron chi connectivity index (χ3n) is 10.6. The maximum atomic E-state index is 13.6. The van der Waals surface area contributed by atoms with Gasteiger partial charge < -0.3 is 43.3 Å². The first-order valence-electron chi connectivity index (χ1n) is 19.2. The molecule has 0 aromatic heterocycles. The van der Waals surface area contributed by atoms with Crippen LogP contribution >= 0.6 is 0 Å². The zero-order chi connectivity index (χ0) is 38.6. The number of amides is 2. The molecule has 0 aliphatic carbocycles. The molecule has 2 saturated heterocycles. The van der Waals surface area contributed by atoms with E-state index in [0.717, 1.165) is 48.7 Å². The summed E-state index contributed by atoms with van der Waals surface area (Å²) in [7, 11) is 6.53. The smallest absolute Gasteiger partial charge is 0.222 e. The van der Waals surface area contributed by atoms with E-state index in [0.29, 0.717) is 74.9 Å². The number of ether oxygens (including phenoxy) is 5. The van der Waals surface area contributed by atoms with Gasteiger partial charge in [-0.15, -0.1) is 0 Å².